The second-order valence-electron chi connectivity index (χ2n) is 4.15. The van der Waals surface area contributed by atoms with Gasteiger partial charge in [0, 0.05) is 19.2 Å². The van der Waals surface area contributed by atoms with Crippen molar-refractivity contribution in [3.63, 3.8) is 0 Å². The van der Waals surface area contributed by atoms with Gasteiger partial charge in [0.2, 0.25) is 0 Å². The van der Waals surface area contributed by atoms with Crippen LogP contribution in [0.1, 0.15) is 5.56 Å². The lowest BCUT2D eigenvalue weighted by molar-refractivity contribution is -0.384. The Labute approximate surface area is 129 Å². The molecule has 0 fully saturated rings. The lowest BCUT2D eigenvalue weighted by Crippen LogP contribution is -2.19. The minimum Gasteiger partial charge on any atom is -0.312 e. The van der Waals surface area contributed by atoms with Crippen LogP contribution in [0.15, 0.2) is 40.9 Å². The van der Waals surface area contributed by atoms with Crippen molar-refractivity contribution >= 4 is 29.6 Å². The number of hydrogen-bond donors (Lipinski definition) is 1. The van der Waals surface area contributed by atoms with Gasteiger partial charge in [-0.05, 0) is 17.7 Å². The summed E-state index contributed by atoms with van der Waals surface area (Å²) >= 11 is 1.24. The molecular formula is C12H12N6O3S. The minimum absolute atomic E-state index is 0.00117. The summed E-state index contributed by atoms with van der Waals surface area (Å²) in [5, 5.41) is 22.5. The molecular weight excluding hydrogens is 308 g/mol. The van der Waals surface area contributed by atoms with Crippen LogP contribution in [0.3, 0.4) is 0 Å². The fourth-order valence-corrected chi connectivity index (χ4v) is 2.11. The van der Waals surface area contributed by atoms with Crippen molar-refractivity contribution < 1.29 is 9.72 Å². The first-order valence-electron chi connectivity index (χ1n) is 6.09. The van der Waals surface area contributed by atoms with E-state index in [4.69, 9.17) is 0 Å². The number of nitrogens with one attached hydrogen (secondary N) is 1. The van der Waals surface area contributed by atoms with E-state index in [1.54, 1.807) is 30.1 Å². The van der Waals surface area contributed by atoms with Crippen LogP contribution in [0.2, 0.25) is 0 Å². The quantitative estimate of drug-likeness (QED) is 0.367. The van der Waals surface area contributed by atoms with E-state index in [-0.39, 0.29) is 17.3 Å². The number of nitrogens with zero attached hydrogens (tertiary/aromatic N) is 5. The Hall–Kier alpha value is -2.75. The summed E-state index contributed by atoms with van der Waals surface area (Å²) in [7, 11) is 1.78. The monoisotopic (exact) mass is 320 g/mol. The van der Waals surface area contributed by atoms with Gasteiger partial charge in [-0.15, -0.1) is 10.2 Å². The van der Waals surface area contributed by atoms with Gasteiger partial charge in [0.1, 0.15) is 6.33 Å². The Kier molecular flexibility index (Phi) is 5.20. The summed E-state index contributed by atoms with van der Waals surface area (Å²) < 4.78 is 1.71. The van der Waals surface area contributed by atoms with E-state index in [2.05, 4.69) is 20.7 Å². The number of carbonyl (C=O) groups is 1. The van der Waals surface area contributed by atoms with E-state index in [0.29, 0.717) is 10.7 Å². The zero-order valence-electron chi connectivity index (χ0n) is 11.5. The topological polar surface area (TPSA) is 115 Å². The van der Waals surface area contributed by atoms with Gasteiger partial charge in [0.25, 0.3) is 11.6 Å². The predicted molar refractivity (Wildman–Crippen MR) is 80.6 cm³/mol. The van der Waals surface area contributed by atoms with Crippen LogP contribution in [0.4, 0.5) is 5.69 Å². The van der Waals surface area contributed by atoms with Gasteiger partial charge in [-0.1, -0.05) is 11.8 Å². The number of thioether (sulfide) groups is 1. The number of hydrazone groups is 1. The van der Waals surface area contributed by atoms with Gasteiger partial charge in [0.05, 0.1) is 16.9 Å². The smallest absolute Gasteiger partial charge is 0.269 e. The van der Waals surface area contributed by atoms with Gasteiger partial charge < -0.3 is 4.57 Å². The number of benzene rings is 1. The molecule has 2 aromatic rings. The summed E-state index contributed by atoms with van der Waals surface area (Å²) in [5.74, 6) is -0.129. The molecule has 0 bridgehead atoms. The highest BCUT2D eigenvalue weighted by Gasteiger charge is 2.06. The number of nitro benzene ring substituents is 1. The maximum Gasteiger partial charge on any atom is 0.269 e. The molecule has 1 N–H and O–H groups in total. The molecule has 0 aliphatic carbocycles. The standard InChI is InChI=1S/C12H12N6O3S/c1-17-8-14-16-12(17)22-7-11(19)15-13-6-9-2-4-10(5-3-9)18(20)21/h2-6,8H,7H2,1H3,(H,15,19). The molecule has 114 valence electrons. The third kappa shape index (κ3) is 4.38. The van der Waals surface area contributed by atoms with Crippen LogP contribution in [-0.4, -0.2) is 37.6 Å². The third-order valence-electron chi connectivity index (χ3n) is 2.51. The second kappa shape index (κ2) is 7.31. The van der Waals surface area contributed by atoms with Crippen molar-refractivity contribution in [3.05, 3.63) is 46.3 Å². The molecule has 0 atom stereocenters. The lowest BCUT2D eigenvalue weighted by atomic mass is 10.2. The van der Waals surface area contributed by atoms with Gasteiger partial charge in [-0.3, -0.25) is 14.9 Å². The van der Waals surface area contributed by atoms with Crippen LogP contribution >= 0.6 is 11.8 Å². The largest absolute Gasteiger partial charge is 0.312 e. The molecule has 1 heterocycles. The van der Waals surface area contributed by atoms with Crippen molar-refractivity contribution in [3.8, 4) is 0 Å². The van der Waals surface area contributed by atoms with Gasteiger partial charge in [-0.2, -0.15) is 5.10 Å². The van der Waals surface area contributed by atoms with E-state index in [0.717, 1.165) is 0 Å². The molecule has 1 aromatic carbocycles. The summed E-state index contributed by atoms with van der Waals surface area (Å²) in [5.41, 5.74) is 3.02. The Morgan fingerprint density at radius 1 is 1.50 bits per heavy atom. The van der Waals surface area contributed by atoms with Crippen LogP contribution in [0.25, 0.3) is 0 Å². The normalized spacial score (nSPS) is 10.8. The molecule has 2 rings (SSSR count). The van der Waals surface area contributed by atoms with Crippen molar-refractivity contribution in [2.75, 3.05) is 5.75 Å². The lowest BCUT2D eigenvalue weighted by Gasteiger charge is -1.99. The van der Waals surface area contributed by atoms with Crippen LogP contribution in [0, 0.1) is 10.1 Å². The molecule has 9 nitrogen and oxygen atoms in total. The molecule has 0 saturated heterocycles. The van der Waals surface area contributed by atoms with E-state index in [1.165, 1.54) is 30.1 Å². The molecule has 1 amide bonds. The predicted octanol–water partition coefficient (Wildman–Crippen LogP) is 0.966. The Morgan fingerprint density at radius 2 is 2.23 bits per heavy atom. The molecule has 0 aliphatic heterocycles. The summed E-state index contributed by atoms with van der Waals surface area (Å²) in [6, 6.07) is 5.82. The summed E-state index contributed by atoms with van der Waals surface area (Å²) in [6.07, 6.45) is 2.96. The number of aromatic nitrogens is 3. The second-order valence-corrected chi connectivity index (χ2v) is 5.10. The molecule has 0 radical (unpaired) electrons. The number of amides is 1. The number of hydrogen-bond acceptors (Lipinski definition) is 7. The maximum absolute atomic E-state index is 11.6. The van der Waals surface area contributed by atoms with Gasteiger partial charge >= 0.3 is 0 Å². The van der Waals surface area contributed by atoms with Crippen LogP contribution < -0.4 is 5.43 Å². The van der Waals surface area contributed by atoms with E-state index < -0.39 is 4.92 Å². The average molecular weight is 320 g/mol. The number of aryl methyl sites for hydroxylation is 1. The number of rotatable bonds is 6. The van der Waals surface area contributed by atoms with Crippen molar-refractivity contribution in [1.82, 2.24) is 20.2 Å². The first-order valence-corrected chi connectivity index (χ1v) is 7.08. The van der Waals surface area contributed by atoms with E-state index in [1.807, 2.05) is 0 Å². The highest BCUT2D eigenvalue weighted by atomic mass is 32.2. The van der Waals surface area contributed by atoms with Gasteiger partial charge in [-0.25, -0.2) is 5.43 Å². The highest BCUT2D eigenvalue weighted by molar-refractivity contribution is 7.99. The Balaban J connectivity index is 1.80. The molecule has 0 unspecified atom stereocenters. The summed E-state index contributed by atoms with van der Waals surface area (Å²) in [6.45, 7) is 0. The minimum atomic E-state index is -0.480. The molecule has 0 aliphatic rings. The molecule has 1 aromatic heterocycles. The highest BCUT2D eigenvalue weighted by Crippen LogP contribution is 2.12. The third-order valence-corrected chi connectivity index (χ3v) is 3.54. The van der Waals surface area contributed by atoms with Crippen LogP contribution in [-0.2, 0) is 11.8 Å². The molecule has 22 heavy (non-hydrogen) atoms. The maximum atomic E-state index is 11.6. The van der Waals surface area contributed by atoms with Gasteiger partial charge in [0.15, 0.2) is 5.16 Å². The number of non-ortho nitro benzene ring substituents is 1. The molecule has 0 saturated carbocycles. The zero-order valence-corrected chi connectivity index (χ0v) is 12.4. The van der Waals surface area contributed by atoms with E-state index in [9.17, 15) is 14.9 Å². The number of nitro groups is 1. The Bertz CT molecular complexity index is 697. The zero-order chi connectivity index (χ0) is 15.9. The molecule has 10 heteroatoms. The first kappa shape index (κ1) is 15.6. The number of carbonyl (C=O) groups excluding carboxylic acids is 1. The van der Waals surface area contributed by atoms with Crippen molar-refractivity contribution in [2.45, 2.75) is 5.16 Å². The SMILES string of the molecule is Cn1cnnc1SCC(=O)NN=Cc1ccc([N+](=O)[O-])cc1. The first-order chi connectivity index (χ1) is 10.6. The van der Waals surface area contributed by atoms with E-state index >= 15 is 0 Å². The Morgan fingerprint density at radius 3 is 2.82 bits per heavy atom. The molecule has 0 spiro atoms. The average Bonchev–Trinajstić information content (AvgIpc) is 2.91. The van der Waals surface area contributed by atoms with Crippen molar-refractivity contribution in [2.24, 2.45) is 12.1 Å². The van der Waals surface area contributed by atoms with Crippen LogP contribution in [0.5, 0.6) is 0 Å². The summed E-state index contributed by atoms with van der Waals surface area (Å²) in [4.78, 5) is 21.6. The fraction of sp³-hybridized carbons (Fsp3) is 0.167. The fourth-order valence-electron chi connectivity index (χ4n) is 1.43. The van der Waals surface area contributed by atoms with Crippen molar-refractivity contribution in [1.29, 1.82) is 0 Å².